The molecule has 3 heterocycles. The van der Waals surface area contributed by atoms with E-state index in [4.69, 9.17) is 4.74 Å². The average molecular weight is 438 g/mol. The summed E-state index contributed by atoms with van der Waals surface area (Å²) in [6, 6.07) is 17.6. The summed E-state index contributed by atoms with van der Waals surface area (Å²) in [6.07, 6.45) is 6.83. The molecule has 2 aromatic carbocycles. The number of hydrogen-bond acceptors (Lipinski definition) is 5. The lowest BCUT2D eigenvalue weighted by molar-refractivity contribution is 0.102. The van der Waals surface area contributed by atoms with Crippen molar-refractivity contribution >= 4 is 11.6 Å². The van der Waals surface area contributed by atoms with E-state index in [1.54, 1.807) is 6.33 Å². The first-order chi connectivity index (χ1) is 16.2. The van der Waals surface area contributed by atoms with E-state index in [9.17, 15) is 4.79 Å². The van der Waals surface area contributed by atoms with Crippen LogP contribution in [0.25, 0.3) is 22.5 Å². The number of carbonyl (C=O) groups excluding carboxylic acids is 1. The minimum Gasteiger partial charge on any atom is -0.493 e. The summed E-state index contributed by atoms with van der Waals surface area (Å²) in [5, 5.41) is 11.3. The number of carbonyl (C=O) groups is 1. The van der Waals surface area contributed by atoms with E-state index in [2.05, 4.69) is 32.6 Å². The van der Waals surface area contributed by atoms with Crippen molar-refractivity contribution in [3.8, 4) is 28.3 Å². The van der Waals surface area contributed by atoms with Crippen LogP contribution in [0.3, 0.4) is 0 Å². The lowest BCUT2D eigenvalue weighted by Gasteiger charge is -2.14. The van der Waals surface area contributed by atoms with Crippen LogP contribution in [0.2, 0.25) is 0 Å². The van der Waals surface area contributed by atoms with Gasteiger partial charge in [-0.3, -0.25) is 9.78 Å². The summed E-state index contributed by atoms with van der Waals surface area (Å²) < 4.78 is 8.05. The molecule has 7 heteroatoms. The van der Waals surface area contributed by atoms with Gasteiger partial charge in [-0.1, -0.05) is 24.3 Å². The number of ether oxygens (including phenoxy) is 1. The molecule has 0 atom stereocenters. The highest BCUT2D eigenvalue weighted by Gasteiger charge is 2.24. The Labute approximate surface area is 191 Å². The van der Waals surface area contributed by atoms with Gasteiger partial charge in [0, 0.05) is 41.2 Å². The average Bonchev–Trinajstić information content (AvgIpc) is 3.59. The van der Waals surface area contributed by atoms with Crippen molar-refractivity contribution in [1.82, 2.24) is 19.7 Å². The number of benzene rings is 2. The lowest BCUT2D eigenvalue weighted by Crippen LogP contribution is -2.14. The molecule has 2 aliphatic rings. The van der Waals surface area contributed by atoms with E-state index in [0.29, 0.717) is 29.5 Å². The molecule has 0 spiro atoms. The third-order valence-corrected chi connectivity index (χ3v) is 6.13. The first-order valence-corrected chi connectivity index (χ1v) is 11.3. The third-order valence-electron chi connectivity index (χ3n) is 6.13. The highest BCUT2D eigenvalue weighted by molar-refractivity contribution is 6.07. The van der Waals surface area contributed by atoms with E-state index in [1.807, 2.05) is 53.2 Å². The first kappa shape index (κ1) is 19.7. The number of hydrogen-bond donors (Lipinski definition) is 1. The standard InChI is InChI=1S/C26H23N5O2/c32-26-22-14-18(20-7-9-23(27-15-20)17-5-6-17)8-10-24(22)33-12-2-11-31-16-28-30-25(31)19-3-1-4-21(13-19)29-26/h1,3-4,7-10,13-17H,2,5-6,11-12H2,(H,29,32). The fraction of sp³-hybridized carbons (Fsp3) is 0.231. The summed E-state index contributed by atoms with van der Waals surface area (Å²) >= 11 is 0. The van der Waals surface area contributed by atoms with Gasteiger partial charge in [-0.15, -0.1) is 10.2 Å². The molecular weight excluding hydrogens is 414 g/mol. The van der Waals surface area contributed by atoms with Gasteiger partial charge in [-0.25, -0.2) is 0 Å². The molecule has 0 saturated heterocycles. The maximum Gasteiger partial charge on any atom is 0.259 e. The second kappa shape index (κ2) is 8.16. The smallest absolute Gasteiger partial charge is 0.259 e. The van der Waals surface area contributed by atoms with E-state index in [1.165, 1.54) is 12.8 Å². The largest absolute Gasteiger partial charge is 0.493 e. The van der Waals surface area contributed by atoms with Crippen molar-refractivity contribution in [3.05, 3.63) is 78.4 Å². The molecular formula is C26H23N5O2. The Morgan fingerprint density at radius 3 is 2.76 bits per heavy atom. The van der Waals surface area contributed by atoms with Gasteiger partial charge in [0.15, 0.2) is 5.82 Å². The van der Waals surface area contributed by atoms with Gasteiger partial charge in [0.1, 0.15) is 12.1 Å². The van der Waals surface area contributed by atoms with Crippen molar-refractivity contribution in [2.45, 2.75) is 31.7 Å². The van der Waals surface area contributed by atoms with Crippen LogP contribution in [0.5, 0.6) is 5.75 Å². The number of pyridine rings is 1. The van der Waals surface area contributed by atoms with Crippen LogP contribution >= 0.6 is 0 Å². The Hall–Kier alpha value is -4.00. The molecule has 2 aromatic heterocycles. The van der Waals surface area contributed by atoms with Crippen LogP contribution in [0.4, 0.5) is 5.69 Å². The molecule has 2 bridgehead atoms. The Kier molecular flexibility index (Phi) is 4.87. The van der Waals surface area contributed by atoms with Crippen LogP contribution in [0.1, 0.15) is 41.2 Å². The summed E-state index contributed by atoms with van der Waals surface area (Å²) in [6.45, 7) is 1.20. The van der Waals surface area contributed by atoms with Crippen LogP contribution in [0, 0.1) is 0 Å². The zero-order valence-electron chi connectivity index (χ0n) is 18.1. The summed E-state index contributed by atoms with van der Waals surface area (Å²) in [4.78, 5) is 17.9. The Morgan fingerprint density at radius 2 is 1.91 bits per heavy atom. The first-order valence-electron chi connectivity index (χ1n) is 11.3. The van der Waals surface area contributed by atoms with E-state index in [-0.39, 0.29) is 5.91 Å². The van der Waals surface area contributed by atoms with Crippen molar-refractivity contribution in [2.24, 2.45) is 0 Å². The number of anilines is 1. The highest BCUT2D eigenvalue weighted by atomic mass is 16.5. The fourth-order valence-electron chi connectivity index (χ4n) is 4.20. The molecule has 164 valence electrons. The molecule has 33 heavy (non-hydrogen) atoms. The normalized spacial score (nSPS) is 15.7. The molecule has 1 saturated carbocycles. The van der Waals surface area contributed by atoms with Gasteiger partial charge in [-0.05, 0) is 55.2 Å². The number of amides is 1. The SMILES string of the molecule is O=C1Nc2cccc(c2)-c2nncn2CCCOc2ccc(-c3ccc(C4CC4)nc3)cc21. The molecule has 0 radical (unpaired) electrons. The van der Waals surface area contributed by atoms with Gasteiger partial charge < -0.3 is 14.6 Å². The highest BCUT2D eigenvalue weighted by Crippen LogP contribution is 2.39. The van der Waals surface area contributed by atoms with Crippen LogP contribution in [-0.2, 0) is 6.54 Å². The maximum atomic E-state index is 13.3. The van der Waals surface area contributed by atoms with Crippen molar-refractivity contribution in [3.63, 3.8) is 0 Å². The zero-order valence-corrected chi connectivity index (χ0v) is 18.1. The topological polar surface area (TPSA) is 81.9 Å². The number of rotatable bonds is 2. The van der Waals surface area contributed by atoms with Gasteiger partial charge in [0.25, 0.3) is 5.91 Å². The van der Waals surface area contributed by atoms with Gasteiger partial charge in [-0.2, -0.15) is 0 Å². The molecule has 1 aliphatic heterocycles. The number of aromatic nitrogens is 4. The summed E-state index contributed by atoms with van der Waals surface area (Å²) in [5.41, 5.74) is 5.17. The molecule has 0 unspecified atom stereocenters. The molecule has 1 aliphatic carbocycles. The molecule has 7 nitrogen and oxygen atoms in total. The maximum absolute atomic E-state index is 13.3. The van der Waals surface area contributed by atoms with E-state index >= 15 is 0 Å². The van der Waals surface area contributed by atoms with Crippen molar-refractivity contribution in [2.75, 3.05) is 11.9 Å². The number of nitrogens with zero attached hydrogens (tertiary/aromatic N) is 4. The van der Waals surface area contributed by atoms with Crippen molar-refractivity contribution in [1.29, 1.82) is 0 Å². The minimum absolute atomic E-state index is 0.215. The number of nitrogens with one attached hydrogen (secondary N) is 1. The molecule has 1 amide bonds. The van der Waals surface area contributed by atoms with E-state index < -0.39 is 0 Å². The summed E-state index contributed by atoms with van der Waals surface area (Å²) in [5.74, 6) is 1.74. The van der Waals surface area contributed by atoms with Crippen LogP contribution < -0.4 is 10.1 Å². The molecule has 6 rings (SSSR count). The monoisotopic (exact) mass is 437 g/mol. The fourth-order valence-corrected chi connectivity index (χ4v) is 4.20. The molecule has 4 aromatic rings. The second-order valence-corrected chi connectivity index (χ2v) is 8.54. The lowest BCUT2D eigenvalue weighted by atomic mass is 10.0. The zero-order chi connectivity index (χ0) is 22.2. The van der Waals surface area contributed by atoms with Crippen LogP contribution in [-0.4, -0.2) is 32.3 Å². The quantitative estimate of drug-likeness (QED) is 0.481. The molecule has 1 fully saturated rings. The predicted molar refractivity (Wildman–Crippen MR) is 125 cm³/mol. The van der Waals surface area contributed by atoms with Gasteiger partial charge in [0.2, 0.25) is 0 Å². The Morgan fingerprint density at radius 1 is 1.00 bits per heavy atom. The van der Waals surface area contributed by atoms with Gasteiger partial charge >= 0.3 is 0 Å². The number of fused-ring (bicyclic) bond motifs is 5. The van der Waals surface area contributed by atoms with Gasteiger partial charge in [0.05, 0.1) is 12.2 Å². The predicted octanol–water partition coefficient (Wildman–Crippen LogP) is 4.92. The Bertz CT molecular complexity index is 1320. The summed E-state index contributed by atoms with van der Waals surface area (Å²) in [7, 11) is 0. The van der Waals surface area contributed by atoms with Crippen molar-refractivity contribution < 1.29 is 9.53 Å². The van der Waals surface area contributed by atoms with E-state index in [0.717, 1.165) is 41.2 Å². The molecule has 1 N–H and O–H groups in total. The minimum atomic E-state index is -0.215. The number of aryl methyl sites for hydroxylation is 1. The second-order valence-electron chi connectivity index (χ2n) is 8.54. The van der Waals surface area contributed by atoms with Crippen LogP contribution in [0.15, 0.2) is 67.1 Å². The third kappa shape index (κ3) is 3.98. The Balaban J connectivity index is 1.36.